The minimum absolute atomic E-state index is 0.136. The summed E-state index contributed by atoms with van der Waals surface area (Å²) in [5, 5.41) is 11.3. The lowest BCUT2D eigenvalue weighted by Crippen LogP contribution is -2.37. The third-order valence-electron chi connectivity index (χ3n) is 2.53. The smallest absolute Gasteiger partial charge is 0.371 e. The highest BCUT2D eigenvalue weighted by atomic mass is 16.4. The molecule has 6 heteroatoms. The average molecular weight is 266 g/mol. The molecule has 0 saturated carbocycles. The highest BCUT2D eigenvalue weighted by Crippen LogP contribution is 2.07. The number of unbranched alkanes of at least 4 members (excludes halogenated alkanes) is 1. The van der Waals surface area contributed by atoms with Crippen molar-refractivity contribution in [1.29, 1.82) is 0 Å². The molecule has 0 bridgehead atoms. The van der Waals surface area contributed by atoms with E-state index in [9.17, 15) is 9.59 Å². The van der Waals surface area contributed by atoms with Gasteiger partial charge in [-0.25, -0.2) is 9.59 Å². The molecule has 0 radical (unpaired) electrons. The summed E-state index contributed by atoms with van der Waals surface area (Å²) in [6.45, 7) is 4.42. The Morgan fingerprint density at radius 1 is 1.53 bits per heavy atom. The van der Waals surface area contributed by atoms with E-state index in [2.05, 4.69) is 11.9 Å². The van der Waals surface area contributed by atoms with Crippen molar-refractivity contribution in [1.82, 2.24) is 10.2 Å². The van der Waals surface area contributed by atoms with Crippen LogP contribution in [0.3, 0.4) is 0 Å². The molecular formula is C13H18N2O4. The maximum absolute atomic E-state index is 11.7. The van der Waals surface area contributed by atoms with Crippen molar-refractivity contribution in [3.05, 3.63) is 36.3 Å². The number of nitrogens with one attached hydrogen (secondary N) is 1. The predicted octanol–water partition coefficient (Wildman–Crippen LogP) is 2.09. The van der Waals surface area contributed by atoms with Gasteiger partial charge in [0.2, 0.25) is 5.76 Å². The lowest BCUT2D eigenvalue weighted by molar-refractivity contribution is 0.0660. The van der Waals surface area contributed by atoms with Gasteiger partial charge >= 0.3 is 12.0 Å². The molecule has 0 aliphatic heterocycles. The third kappa shape index (κ3) is 4.87. The molecule has 1 aromatic heterocycles. The summed E-state index contributed by atoms with van der Waals surface area (Å²) in [7, 11) is 1.70. The molecule has 1 heterocycles. The van der Waals surface area contributed by atoms with E-state index in [-0.39, 0.29) is 18.3 Å². The Kier molecular flexibility index (Phi) is 5.66. The number of nitrogens with zero attached hydrogens (tertiary/aromatic N) is 1. The zero-order chi connectivity index (χ0) is 14.3. The molecule has 6 nitrogen and oxygen atoms in total. The summed E-state index contributed by atoms with van der Waals surface area (Å²) in [4.78, 5) is 23.9. The number of carboxylic acid groups (broad SMARTS) is 1. The van der Waals surface area contributed by atoms with Crippen LogP contribution in [-0.2, 0) is 6.54 Å². The number of hydrogen-bond donors (Lipinski definition) is 2. The zero-order valence-corrected chi connectivity index (χ0v) is 10.9. The Morgan fingerprint density at radius 3 is 2.84 bits per heavy atom. The summed E-state index contributed by atoms with van der Waals surface area (Å²) in [6.07, 6.45) is 3.52. The molecular weight excluding hydrogens is 248 g/mol. The number of hydrogen-bond acceptors (Lipinski definition) is 3. The Hall–Kier alpha value is -2.24. The summed E-state index contributed by atoms with van der Waals surface area (Å²) in [5.41, 5.74) is 0. The summed E-state index contributed by atoms with van der Waals surface area (Å²) in [5.74, 6) is -0.854. The van der Waals surface area contributed by atoms with Gasteiger partial charge in [-0.3, -0.25) is 0 Å². The minimum atomic E-state index is -1.13. The number of aromatic carboxylic acids is 1. The summed E-state index contributed by atoms with van der Waals surface area (Å²) < 4.78 is 5.03. The molecule has 2 N–H and O–H groups in total. The van der Waals surface area contributed by atoms with Gasteiger partial charge in [0.25, 0.3) is 0 Å². The van der Waals surface area contributed by atoms with Gasteiger partial charge in [-0.05, 0) is 25.0 Å². The van der Waals surface area contributed by atoms with E-state index in [1.165, 1.54) is 12.1 Å². The van der Waals surface area contributed by atoms with Crippen LogP contribution in [0.4, 0.5) is 4.79 Å². The van der Waals surface area contributed by atoms with Gasteiger partial charge in [0.1, 0.15) is 5.76 Å². The minimum Gasteiger partial charge on any atom is -0.475 e. The van der Waals surface area contributed by atoms with Crippen LogP contribution in [-0.4, -0.2) is 35.6 Å². The van der Waals surface area contributed by atoms with Crippen molar-refractivity contribution < 1.29 is 19.1 Å². The first kappa shape index (κ1) is 14.8. The number of allylic oxidation sites excluding steroid dienone is 1. The van der Waals surface area contributed by atoms with Crippen molar-refractivity contribution in [3.8, 4) is 0 Å². The summed E-state index contributed by atoms with van der Waals surface area (Å²) >= 11 is 0. The molecule has 0 aliphatic rings. The normalized spacial score (nSPS) is 9.95. The van der Waals surface area contributed by atoms with Crippen molar-refractivity contribution in [2.45, 2.75) is 19.4 Å². The molecule has 19 heavy (non-hydrogen) atoms. The fourth-order valence-electron chi connectivity index (χ4n) is 1.46. The molecule has 1 aromatic rings. The maximum Gasteiger partial charge on any atom is 0.371 e. The lowest BCUT2D eigenvalue weighted by atomic mass is 10.3. The molecule has 0 fully saturated rings. The highest BCUT2D eigenvalue weighted by molar-refractivity contribution is 5.84. The Balaban J connectivity index is 2.36. The number of urea groups is 1. The molecule has 0 aromatic carbocycles. The first-order chi connectivity index (χ1) is 9.04. The van der Waals surface area contributed by atoms with E-state index in [1.807, 2.05) is 6.08 Å². The van der Waals surface area contributed by atoms with Crippen molar-refractivity contribution in [2.75, 3.05) is 13.6 Å². The van der Waals surface area contributed by atoms with Crippen LogP contribution in [0.5, 0.6) is 0 Å². The monoisotopic (exact) mass is 266 g/mol. The summed E-state index contributed by atoms with van der Waals surface area (Å²) in [6, 6.07) is 2.66. The van der Waals surface area contributed by atoms with Gasteiger partial charge in [-0.2, -0.15) is 0 Å². The number of carboxylic acids is 1. The lowest BCUT2D eigenvalue weighted by Gasteiger charge is -2.16. The standard InChI is InChI=1S/C13H18N2O4/c1-3-4-5-8-15(2)13(18)14-9-10-6-7-11(19-10)12(16)17/h3,6-7H,1,4-5,8-9H2,2H3,(H,14,18)(H,16,17). The van der Waals surface area contributed by atoms with E-state index >= 15 is 0 Å². The Bertz CT molecular complexity index is 453. The topological polar surface area (TPSA) is 82.8 Å². The quantitative estimate of drug-likeness (QED) is 0.584. The van der Waals surface area contributed by atoms with E-state index in [0.717, 1.165) is 12.8 Å². The van der Waals surface area contributed by atoms with Gasteiger partial charge in [0, 0.05) is 13.6 Å². The van der Waals surface area contributed by atoms with Gasteiger partial charge < -0.3 is 19.7 Å². The first-order valence-electron chi connectivity index (χ1n) is 5.96. The molecule has 1 rings (SSSR count). The first-order valence-corrected chi connectivity index (χ1v) is 5.96. The van der Waals surface area contributed by atoms with Crippen LogP contribution in [0.25, 0.3) is 0 Å². The van der Waals surface area contributed by atoms with Crippen molar-refractivity contribution in [3.63, 3.8) is 0 Å². The maximum atomic E-state index is 11.7. The molecule has 2 amide bonds. The second-order valence-electron chi connectivity index (χ2n) is 4.08. The Morgan fingerprint density at radius 2 is 2.26 bits per heavy atom. The van der Waals surface area contributed by atoms with E-state index < -0.39 is 5.97 Å². The largest absolute Gasteiger partial charge is 0.475 e. The molecule has 0 saturated heterocycles. The van der Waals surface area contributed by atoms with Crippen LogP contribution in [0.1, 0.15) is 29.2 Å². The van der Waals surface area contributed by atoms with Crippen molar-refractivity contribution >= 4 is 12.0 Å². The number of rotatable bonds is 7. The van der Waals surface area contributed by atoms with Gasteiger partial charge in [0.05, 0.1) is 6.54 Å². The SMILES string of the molecule is C=CCCCN(C)C(=O)NCc1ccc(C(=O)O)o1. The van der Waals surface area contributed by atoms with E-state index in [1.54, 1.807) is 11.9 Å². The van der Waals surface area contributed by atoms with Crippen LogP contribution in [0.2, 0.25) is 0 Å². The molecule has 104 valence electrons. The number of carbonyl (C=O) groups is 2. The van der Waals surface area contributed by atoms with E-state index in [4.69, 9.17) is 9.52 Å². The second kappa shape index (κ2) is 7.25. The van der Waals surface area contributed by atoms with Crippen molar-refractivity contribution in [2.24, 2.45) is 0 Å². The second-order valence-corrected chi connectivity index (χ2v) is 4.08. The molecule has 0 atom stereocenters. The van der Waals surface area contributed by atoms with Gasteiger partial charge in [0.15, 0.2) is 0 Å². The zero-order valence-electron chi connectivity index (χ0n) is 10.9. The number of carbonyl (C=O) groups excluding carboxylic acids is 1. The van der Waals surface area contributed by atoms with Gasteiger partial charge in [-0.1, -0.05) is 6.08 Å². The van der Waals surface area contributed by atoms with Gasteiger partial charge in [-0.15, -0.1) is 6.58 Å². The number of furan rings is 1. The molecule has 0 unspecified atom stereocenters. The molecule has 0 aliphatic carbocycles. The predicted molar refractivity (Wildman–Crippen MR) is 70.0 cm³/mol. The van der Waals surface area contributed by atoms with Crippen LogP contribution >= 0.6 is 0 Å². The highest BCUT2D eigenvalue weighted by Gasteiger charge is 2.11. The number of amides is 2. The third-order valence-corrected chi connectivity index (χ3v) is 2.53. The van der Waals surface area contributed by atoms with Crippen LogP contribution in [0, 0.1) is 0 Å². The fraction of sp³-hybridized carbons (Fsp3) is 0.385. The van der Waals surface area contributed by atoms with Crippen LogP contribution in [0.15, 0.2) is 29.2 Å². The molecule has 0 spiro atoms. The van der Waals surface area contributed by atoms with E-state index in [0.29, 0.717) is 12.3 Å². The van der Waals surface area contributed by atoms with Crippen LogP contribution < -0.4 is 5.32 Å². The Labute approximate surface area is 111 Å². The average Bonchev–Trinajstić information content (AvgIpc) is 2.85. The fourth-order valence-corrected chi connectivity index (χ4v) is 1.46.